The molecule has 2 aromatic heterocycles. The molecule has 0 spiro atoms. The van der Waals surface area contributed by atoms with Crippen LogP contribution in [0.5, 0.6) is 0 Å². The Labute approximate surface area is 104 Å². The molecule has 0 aliphatic carbocycles. The zero-order valence-corrected chi connectivity index (χ0v) is 10.4. The molecule has 0 atom stereocenters. The van der Waals surface area contributed by atoms with E-state index in [0.29, 0.717) is 5.69 Å². The van der Waals surface area contributed by atoms with Gasteiger partial charge in [0.1, 0.15) is 11.5 Å². The van der Waals surface area contributed by atoms with Crippen molar-refractivity contribution in [3.05, 3.63) is 46.4 Å². The van der Waals surface area contributed by atoms with Gasteiger partial charge in [-0.05, 0) is 34.5 Å². The van der Waals surface area contributed by atoms with Gasteiger partial charge in [-0.25, -0.2) is 0 Å². The number of thiophene rings is 1. The van der Waals surface area contributed by atoms with E-state index in [1.807, 2.05) is 13.1 Å². The average molecular weight is 246 g/mol. The Morgan fingerprint density at radius 3 is 2.82 bits per heavy atom. The van der Waals surface area contributed by atoms with Gasteiger partial charge in [-0.3, -0.25) is 10.4 Å². The summed E-state index contributed by atoms with van der Waals surface area (Å²) in [6.45, 7) is 0.852. The van der Waals surface area contributed by atoms with Crippen LogP contribution in [0.4, 0.5) is 5.69 Å². The van der Waals surface area contributed by atoms with E-state index in [-0.39, 0.29) is 5.84 Å². The van der Waals surface area contributed by atoms with Crippen LogP contribution < -0.4 is 10.6 Å². The van der Waals surface area contributed by atoms with E-state index >= 15 is 0 Å². The number of nitrogen functional groups attached to an aromatic ring is 1. The number of amidine groups is 1. The van der Waals surface area contributed by atoms with Crippen LogP contribution in [0.25, 0.3) is 0 Å². The van der Waals surface area contributed by atoms with Crippen molar-refractivity contribution in [1.29, 1.82) is 5.41 Å². The highest BCUT2D eigenvalue weighted by Gasteiger charge is 2.04. The molecule has 88 valence electrons. The Morgan fingerprint density at radius 1 is 1.47 bits per heavy atom. The summed E-state index contributed by atoms with van der Waals surface area (Å²) < 4.78 is 0. The lowest BCUT2D eigenvalue weighted by Gasteiger charge is -2.18. The first-order valence-corrected chi connectivity index (χ1v) is 6.14. The largest absolute Gasteiger partial charge is 0.382 e. The normalized spacial score (nSPS) is 10.2. The zero-order chi connectivity index (χ0) is 12.3. The predicted octanol–water partition coefficient (Wildman–Crippen LogP) is 2.06. The standard InChI is InChI=1S/C12H14N4S/c1-16(7-9-4-5-17-8-9)10-2-3-11(12(13)14)15-6-10/h2-6,8H,7H2,1H3,(H3,13,14). The predicted molar refractivity (Wildman–Crippen MR) is 71.7 cm³/mol. The second-order valence-corrected chi connectivity index (χ2v) is 4.58. The maximum atomic E-state index is 7.27. The van der Waals surface area contributed by atoms with Crippen LogP contribution in [0.1, 0.15) is 11.3 Å². The van der Waals surface area contributed by atoms with Crippen molar-refractivity contribution < 1.29 is 0 Å². The fraction of sp³-hybridized carbons (Fsp3) is 0.167. The molecule has 0 aliphatic rings. The van der Waals surface area contributed by atoms with Crippen molar-refractivity contribution in [3.63, 3.8) is 0 Å². The number of rotatable bonds is 4. The van der Waals surface area contributed by atoms with E-state index < -0.39 is 0 Å². The van der Waals surface area contributed by atoms with Crippen LogP contribution in [0.3, 0.4) is 0 Å². The molecule has 17 heavy (non-hydrogen) atoms. The Bertz CT molecular complexity index is 490. The quantitative estimate of drug-likeness (QED) is 0.641. The Kier molecular flexibility index (Phi) is 3.39. The van der Waals surface area contributed by atoms with E-state index in [9.17, 15) is 0 Å². The van der Waals surface area contributed by atoms with E-state index in [0.717, 1.165) is 12.2 Å². The van der Waals surface area contributed by atoms with Crippen molar-refractivity contribution in [2.75, 3.05) is 11.9 Å². The zero-order valence-electron chi connectivity index (χ0n) is 9.55. The SMILES string of the molecule is CN(Cc1ccsc1)c1ccc(C(=N)N)nc1. The minimum absolute atomic E-state index is 0.00274. The van der Waals surface area contributed by atoms with Gasteiger partial charge in [-0.2, -0.15) is 11.3 Å². The first-order chi connectivity index (χ1) is 8.16. The molecule has 0 bridgehead atoms. The highest BCUT2D eigenvalue weighted by Crippen LogP contribution is 2.16. The maximum Gasteiger partial charge on any atom is 0.141 e. The summed E-state index contributed by atoms with van der Waals surface area (Å²) in [4.78, 5) is 6.25. The van der Waals surface area contributed by atoms with E-state index in [2.05, 4.69) is 26.7 Å². The van der Waals surface area contributed by atoms with Crippen molar-refractivity contribution in [2.24, 2.45) is 5.73 Å². The lowest BCUT2D eigenvalue weighted by Crippen LogP contribution is -2.17. The summed E-state index contributed by atoms with van der Waals surface area (Å²) in [7, 11) is 2.02. The summed E-state index contributed by atoms with van der Waals surface area (Å²) in [6.07, 6.45) is 1.74. The number of nitrogens with one attached hydrogen (secondary N) is 1. The molecule has 0 saturated heterocycles. The Balaban J connectivity index is 2.09. The second-order valence-electron chi connectivity index (χ2n) is 3.80. The molecule has 0 aliphatic heterocycles. The summed E-state index contributed by atoms with van der Waals surface area (Å²) in [5, 5.41) is 11.5. The fourth-order valence-corrected chi connectivity index (χ4v) is 2.18. The van der Waals surface area contributed by atoms with Gasteiger partial charge in [0.15, 0.2) is 0 Å². The lowest BCUT2D eigenvalue weighted by atomic mass is 10.2. The Morgan fingerprint density at radius 2 is 2.29 bits per heavy atom. The number of hydrogen-bond donors (Lipinski definition) is 2. The fourth-order valence-electron chi connectivity index (χ4n) is 1.52. The van der Waals surface area contributed by atoms with Gasteiger partial charge in [0.2, 0.25) is 0 Å². The highest BCUT2D eigenvalue weighted by atomic mass is 32.1. The minimum atomic E-state index is -0.00274. The number of anilines is 1. The first-order valence-electron chi connectivity index (χ1n) is 5.19. The van der Waals surface area contributed by atoms with Crippen molar-refractivity contribution in [3.8, 4) is 0 Å². The molecule has 4 nitrogen and oxygen atoms in total. The van der Waals surface area contributed by atoms with E-state index in [1.54, 1.807) is 23.6 Å². The number of nitrogens with zero attached hydrogens (tertiary/aromatic N) is 2. The van der Waals surface area contributed by atoms with Gasteiger partial charge >= 0.3 is 0 Å². The number of aromatic nitrogens is 1. The minimum Gasteiger partial charge on any atom is -0.382 e. The van der Waals surface area contributed by atoms with Gasteiger partial charge in [0.05, 0.1) is 11.9 Å². The van der Waals surface area contributed by atoms with Crippen LogP contribution >= 0.6 is 11.3 Å². The van der Waals surface area contributed by atoms with Crippen LogP contribution in [0, 0.1) is 5.41 Å². The second kappa shape index (κ2) is 4.97. The third kappa shape index (κ3) is 2.82. The smallest absolute Gasteiger partial charge is 0.141 e. The van der Waals surface area contributed by atoms with Gasteiger partial charge in [0.25, 0.3) is 0 Å². The molecule has 3 N–H and O–H groups in total. The maximum absolute atomic E-state index is 7.27. The molecule has 2 heterocycles. The summed E-state index contributed by atoms with van der Waals surface area (Å²) in [6, 6.07) is 5.80. The van der Waals surface area contributed by atoms with Crippen molar-refractivity contribution in [1.82, 2.24) is 4.98 Å². The number of hydrogen-bond acceptors (Lipinski definition) is 4. The molecule has 0 unspecified atom stereocenters. The molecule has 0 radical (unpaired) electrons. The van der Waals surface area contributed by atoms with E-state index in [1.165, 1.54) is 5.56 Å². The topological polar surface area (TPSA) is 66.0 Å². The van der Waals surface area contributed by atoms with Crippen LogP contribution in [0.15, 0.2) is 35.2 Å². The third-order valence-corrected chi connectivity index (χ3v) is 3.20. The molecule has 0 amide bonds. The summed E-state index contributed by atoms with van der Waals surface area (Å²) in [5.41, 5.74) is 8.17. The molecule has 0 saturated carbocycles. The van der Waals surface area contributed by atoms with Gasteiger partial charge < -0.3 is 10.6 Å². The molecule has 2 rings (SSSR count). The monoisotopic (exact) mass is 246 g/mol. The van der Waals surface area contributed by atoms with Crippen molar-refractivity contribution in [2.45, 2.75) is 6.54 Å². The molecular weight excluding hydrogens is 232 g/mol. The van der Waals surface area contributed by atoms with Crippen molar-refractivity contribution >= 4 is 22.9 Å². The number of pyridine rings is 1. The third-order valence-electron chi connectivity index (χ3n) is 2.46. The van der Waals surface area contributed by atoms with Gasteiger partial charge in [-0.1, -0.05) is 0 Å². The first kappa shape index (κ1) is 11.6. The molecular formula is C12H14N4S. The van der Waals surface area contributed by atoms with Gasteiger partial charge in [0, 0.05) is 13.6 Å². The summed E-state index contributed by atoms with van der Waals surface area (Å²) >= 11 is 1.70. The highest BCUT2D eigenvalue weighted by molar-refractivity contribution is 7.07. The van der Waals surface area contributed by atoms with Crippen LogP contribution in [-0.4, -0.2) is 17.9 Å². The molecule has 5 heteroatoms. The summed E-state index contributed by atoms with van der Waals surface area (Å²) in [5.74, 6) is -0.00274. The molecule has 2 aromatic rings. The Hall–Kier alpha value is -1.88. The average Bonchev–Trinajstić information content (AvgIpc) is 2.82. The number of nitrogens with two attached hydrogens (primary N) is 1. The van der Waals surface area contributed by atoms with Crippen LogP contribution in [-0.2, 0) is 6.54 Å². The molecule has 0 fully saturated rings. The van der Waals surface area contributed by atoms with E-state index in [4.69, 9.17) is 11.1 Å². The lowest BCUT2D eigenvalue weighted by molar-refractivity contribution is 0.921. The van der Waals surface area contributed by atoms with Crippen LogP contribution in [0.2, 0.25) is 0 Å². The molecule has 0 aromatic carbocycles. The van der Waals surface area contributed by atoms with Gasteiger partial charge in [-0.15, -0.1) is 0 Å².